The highest BCUT2D eigenvalue weighted by molar-refractivity contribution is 6.01. The zero-order valence-electron chi connectivity index (χ0n) is 15.2. The van der Waals surface area contributed by atoms with Crippen molar-refractivity contribution in [2.45, 2.75) is 34.6 Å². The summed E-state index contributed by atoms with van der Waals surface area (Å²) in [6.45, 7) is 9.52. The van der Waals surface area contributed by atoms with E-state index in [2.05, 4.69) is 15.6 Å². The molecule has 0 atom stereocenters. The lowest BCUT2D eigenvalue weighted by Gasteiger charge is -2.13. The number of aryl methyl sites for hydroxylation is 4. The quantitative estimate of drug-likeness (QED) is 0.819. The van der Waals surface area contributed by atoms with Gasteiger partial charge in [-0.15, -0.1) is 0 Å². The minimum atomic E-state index is -0.454. The molecule has 0 unspecified atom stereocenters. The van der Waals surface area contributed by atoms with Crippen molar-refractivity contribution in [3.8, 4) is 0 Å². The van der Waals surface area contributed by atoms with Crippen LogP contribution in [0.5, 0.6) is 0 Å². The number of hydrogen-bond acceptors (Lipinski definition) is 4. The zero-order chi connectivity index (χ0) is 18.6. The van der Waals surface area contributed by atoms with Crippen LogP contribution in [0.4, 0.5) is 16.2 Å². The molecule has 0 aliphatic carbocycles. The van der Waals surface area contributed by atoms with Crippen LogP contribution in [0.15, 0.2) is 24.3 Å². The molecule has 0 saturated carbocycles. The number of hydrogen-bond donors (Lipinski definition) is 2. The molecule has 1 aromatic carbocycles. The summed E-state index contributed by atoms with van der Waals surface area (Å²) in [7, 11) is 0. The van der Waals surface area contributed by atoms with E-state index in [1.807, 2.05) is 32.0 Å². The van der Waals surface area contributed by atoms with E-state index >= 15 is 0 Å². The van der Waals surface area contributed by atoms with Crippen LogP contribution in [0.3, 0.4) is 0 Å². The highest BCUT2D eigenvalue weighted by Crippen LogP contribution is 2.19. The molecule has 2 aromatic rings. The molecule has 6 nitrogen and oxygen atoms in total. The van der Waals surface area contributed by atoms with Gasteiger partial charge in [0.2, 0.25) is 0 Å². The van der Waals surface area contributed by atoms with Crippen molar-refractivity contribution in [2.24, 2.45) is 0 Å². The fourth-order valence-electron chi connectivity index (χ4n) is 2.37. The SMILES string of the molecule is CCOC(=O)c1cc(NC(=O)Nc2ccc(C)c(C)c2)c(C)nc1C. The number of rotatable bonds is 4. The average molecular weight is 341 g/mol. The summed E-state index contributed by atoms with van der Waals surface area (Å²) in [4.78, 5) is 28.6. The average Bonchev–Trinajstić information content (AvgIpc) is 2.53. The van der Waals surface area contributed by atoms with Gasteiger partial charge in [-0.3, -0.25) is 4.98 Å². The molecule has 6 heteroatoms. The van der Waals surface area contributed by atoms with Gasteiger partial charge in [0.15, 0.2) is 0 Å². The van der Waals surface area contributed by atoms with Gasteiger partial charge < -0.3 is 15.4 Å². The van der Waals surface area contributed by atoms with Crippen molar-refractivity contribution in [3.63, 3.8) is 0 Å². The Kier molecular flexibility index (Phi) is 5.75. The van der Waals surface area contributed by atoms with Crippen LogP contribution in [0.2, 0.25) is 0 Å². The van der Waals surface area contributed by atoms with Crippen LogP contribution in [0.1, 0.15) is 39.8 Å². The Morgan fingerprint density at radius 1 is 1.00 bits per heavy atom. The van der Waals surface area contributed by atoms with Gasteiger partial charge in [0.05, 0.1) is 29.2 Å². The number of ether oxygens (including phenoxy) is 1. The predicted molar refractivity (Wildman–Crippen MR) is 98.2 cm³/mol. The number of carbonyl (C=O) groups is 2. The first-order chi connectivity index (χ1) is 11.8. The molecule has 25 heavy (non-hydrogen) atoms. The van der Waals surface area contributed by atoms with Crippen LogP contribution >= 0.6 is 0 Å². The van der Waals surface area contributed by atoms with Crippen molar-refractivity contribution in [2.75, 3.05) is 17.2 Å². The molecular formula is C19H23N3O3. The first kappa shape index (κ1) is 18.4. The van der Waals surface area contributed by atoms with Gasteiger partial charge in [-0.25, -0.2) is 9.59 Å². The molecule has 0 bridgehead atoms. The highest BCUT2D eigenvalue weighted by Gasteiger charge is 2.15. The van der Waals surface area contributed by atoms with E-state index in [1.54, 1.807) is 26.8 Å². The number of amides is 2. The van der Waals surface area contributed by atoms with Gasteiger partial charge >= 0.3 is 12.0 Å². The summed E-state index contributed by atoms with van der Waals surface area (Å²) in [5.41, 5.74) is 4.95. The molecular weight excluding hydrogens is 318 g/mol. The molecule has 2 rings (SSSR count). The Balaban J connectivity index is 2.18. The summed E-state index contributed by atoms with van der Waals surface area (Å²) >= 11 is 0. The summed E-state index contributed by atoms with van der Waals surface area (Å²) in [5, 5.41) is 5.52. The minimum Gasteiger partial charge on any atom is -0.462 e. The second-order valence-corrected chi connectivity index (χ2v) is 5.85. The van der Waals surface area contributed by atoms with E-state index in [1.165, 1.54) is 0 Å². The number of urea groups is 1. The number of esters is 1. The van der Waals surface area contributed by atoms with Gasteiger partial charge in [0.1, 0.15) is 0 Å². The number of nitrogens with zero attached hydrogens (tertiary/aromatic N) is 1. The lowest BCUT2D eigenvalue weighted by atomic mass is 10.1. The Morgan fingerprint density at radius 3 is 2.36 bits per heavy atom. The Hall–Kier alpha value is -2.89. The Labute approximate surface area is 147 Å². The van der Waals surface area contributed by atoms with Crippen molar-refractivity contribution in [1.82, 2.24) is 4.98 Å². The first-order valence-electron chi connectivity index (χ1n) is 8.12. The van der Waals surface area contributed by atoms with Crippen molar-refractivity contribution in [3.05, 3.63) is 52.3 Å². The fourth-order valence-corrected chi connectivity index (χ4v) is 2.37. The van der Waals surface area contributed by atoms with Crippen LogP contribution in [0.25, 0.3) is 0 Å². The Bertz CT molecular complexity index is 816. The van der Waals surface area contributed by atoms with E-state index in [9.17, 15) is 9.59 Å². The monoisotopic (exact) mass is 341 g/mol. The molecule has 0 aliphatic rings. The lowest BCUT2D eigenvalue weighted by Crippen LogP contribution is -2.21. The van der Waals surface area contributed by atoms with Crippen molar-refractivity contribution < 1.29 is 14.3 Å². The second kappa shape index (κ2) is 7.79. The Morgan fingerprint density at radius 2 is 1.72 bits per heavy atom. The number of anilines is 2. The van der Waals surface area contributed by atoms with E-state index in [-0.39, 0.29) is 6.61 Å². The summed E-state index contributed by atoms with van der Waals surface area (Å²) in [6, 6.07) is 6.88. The topological polar surface area (TPSA) is 80.3 Å². The van der Waals surface area contributed by atoms with Crippen LogP contribution in [-0.2, 0) is 4.74 Å². The largest absolute Gasteiger partial charge is 0.462 e. The molecule has 2 N–H and O–H groups in total. The van der Waals surface area contributed by atoms with Gasteiger partial charge in [-0.05, 0) is 63.9 Å². The number of aromatic nitrogens is 1. The molecule has 0 saturated heterocycles. The zero-order valence-corrected chi connectivity index (χ0v) is 15.2. The number of carbonyl (C=O) groups excluding carboxylic acids is 2. The third-order valence-electron chi connectivity index (χ3n) is 3.91. The van der Waals surface area contributed by atoms with Gasteiger partial charge in [-0.1, -0.05) is 6.07 Å². The highest BCUT2D eigenvalue weighted by atomic mass is 16.5. The number of benzene rings is 1. The summed E-state index contributed by atoms with van der Waals surface area (Å²) in [5.74, 6) is -0.454. The predicted octanol–water partition coefficient (Wildman–Crippen LogP) is 4.14. The standard InChI is InChI=1S/C19H23N3O3/c1-6-25-18(23)16-10-17(14(5)20-13(16)4)22-19(24)21-15-8-7-11(2)12(3)9-15/h7-10H,6H2,1-5H3,(H2,21,22,24). The lowest BCUT2D eigenvalue weighted by molar-refractivity contribution is 0.0525. The summed E-state index contributed by atoms with van der Waals surface area (Å²) < 4.78 is 5.02. The molecule has 0 radical (unpaired) electrons. The molecule has 1 aromatic heterocycles. The van der Waals surface area contributed by atoms with E-state index < -0.39 is 12.0 Å². The van der Waals surface area contributed by atoms with Crippen LogP contribution in [0, 0.1) is 27.7 Å². The van der Waals surface area contributed by atoms with Gasteiger partial charge in [0, 0.05) is 5.69 Å². The van der Waals surface area contributed by atoms with E-state index in [0.29, 0.717) is 28.3 Å². The molecule has 132 valence electrons. The maximum atomic E-state index is 12.3. The van der Waals surface area contributed by atoms with Crippen molar-refractivity contribution >= 4 is 23.4 Å². The fraction of sp³-hybridized carbons (Fsp3) is 0.316. The number of pyridine rings is 1. The maximum absolute atomic E-state index is 12.3. The smallest absolute Gasteiger partial charge is 0.340 e. The van der Waals surface area contributed by atoms with E-state index in [0.717, 1.165) is 11.1 Å². The van der Waals surface area contributed by atoms with Crippen LogP contribution < -0.4 is 10.6 Å². The van der Waals surface area contributed by atoms with E-state index in [4.69, 9.17) is 4.74 Å². The molecule has 0 aliphatic heterocycles. The summed E-state index contributed by atoms with van der Waals surface area (Å²) in [6.07, 6.45) is 0. The minimum absolute atomic E-state index is 0.280. The first-order valence-corrected chi connectivity index (χ1v) is 8.12. The molecule has 1 heterocycles. The molecule has 2 amide bonds. The van der Waals surface area contributed by atoms with Gasteiger partial charge in [-0.2, -0.15) is 0 Å². The maximum Gasteiger partial charge on any atom is 0.340 e. The third-order valence-corrected chi connectivity index (χ3v) is 3.91. The third kappa shape index (κ3) is 4.56. The molecule has 0 fully saturated rings. The van der Waals surface area contributed by atoms with Crippen LogP contribution in [-0.4, -0.2) is 23.6 Å². The van der Waals surface area contributed by atoms with Crippen molar-refractivity contribution in [1.29, 1.82) is 0 Å². The molecule has 0 spiro atoms. The second-order valence-electron chi connectivity index (χ2n) is 5.85. The number of nitrogens with one attached hydrogen (secondary N) is 2. The van der Waals surface area contributed by atoms with Gasteiger partial charge in [0.25, 0.3) is 0 Å². The normalized spacial score (nSPS) is 10.3.